The van der Waals surface area contributed by atoms with Gasteiger partial charge in [0, 0.05) is 23.6 Å². The SMILES string of the molecule is C[C@H](NC(=O)c1cccc(N)c1)c1cccnc1. The van der Waals surface area contributed by atoms with Crippen LogP contribution in [0.1, 0.15) is 28.9 Å². The summed E-state index contributed by atoms with van der Waals surface area (Å²) in [6.45, 7) is 1.92. The van der Waals surface area contributed by atoms with E-state index < -0.39 is 0 Å². The van der Waals surface area contributed by atoms with Gasteiger partial charge < -0.3 is 11.1 Å². The Hall–Kier alpha value is -2.36. The van der Waals surface area contributed by atoms with E-state index in [1.807, 2.05) is 19.1 Å². The summed E-state index contributed by atoms with van der Waals surface area (Å²) < 4.78 is 0. The van der Waals surface area contributed by atoms with Crippen LogP contribution >= 0.6 is 0 Å². The lowest BCUT2D eigenvalue weighted by atomic mass is 10.1. The molecule has 1 aromatic heterocycles. The van der Waals surface area contributed by atoms with Crippen molar-refractivity contribution in [3.05, 3.63) is 59.9 Å². The Morgan fingerprint density at radius 2 is 2.17 bits per heavy atom. The Kier molecular flexibility index (Phi) is 3.57. The molecule has 1 amide bonds. The van der Waals surface area contributed by atoms with Crippen LogP contribution in [0.2, 0.25) is 0 Å². The van der Waals surface area contributed by atoms with Crippen LogP contribution in [0.15, 0.2) is 48.8 Å². The maximum atomic E-state index is 12.0. The third kappa shape index (κ3) is 2.85. The lowest BCUT2D eigenvalue weighted by molar-refractivity contribution is 0.0940. The number of aromatic nitrogens is 1. The highest BCUT2D eigenvalue weighted by molar-refractivity contribution is 5.95. The van der Waals surface area contributed by atoms with Crippen LogP contribution in [0, 0.1) is 0 Å². The van der Waals surface area contributed by atoms with Gasteiger partial charge in [0.05, 0.1) is 6.04 Å². The topological polar surface area (TPSA) is 68.0 Å². The molecule has 4 nitrogen and oxygen atoms in total. The first-order valence-corrected chi connectivity index (χ1v) is 5.73. The molecule has 2 rings (SSSR count). The minimum atomic E-state index is -0.140. The van der Waals surface area contributed by atoms with Crippen molar-refractivity contribution in [2.24, 2.45) is 0 Å². The molecule has 0 radical (unpaired) electrons. The summed E-state index contributed by atoms with van der Waals surface area (Å²) in [6.07, 6.45) is 3.44. The number of nitrogen functional groups attached to an aromatic ring is 1. The molecule has 4 heteroatoms. The average molecular weight is 241 g/mol. The molecule has 92 valence electrons. The van der Waals surface area contributed by atoms with Crippen LogP contribution in [0.3, 0.4) is 0 Å². The van der Waals surface area contributed by atoms with Crippen LogP contribution in [-0.4, -0.2) is 10.9 Å². The lowest BCUT2D eigenvalue weighted by Gasteiger charge is -2.14. The Balaban J connectivity index is 2.08. The van der Waals surface area contributed by atoms with Crippen LogP contribution in [-0.2, 0) is 0 Å². The number of hydrogen-bond acceptors (Lipinski definition) is 3. The second-order valence-corrected chi connectivity index (χ2v) is 4.11. The minimum absolute atomic E-state index is 0.0902. The zero-order valence-electron chi connectivity index (χ0n) is 10.1. The van der Waals surface area contributed by atoms with Crippen molar-refractivity contribution in [3.63, 3.8) is 0 Å². The first-order valence-electron chi connectivity index (χ1n) is 5.73. The van der Waals surface area contributed by atoms with Crippen molar-refractivity contribution in [1.29, 1.82) is 0 Å². The van der Waals surface area contributed by atoms with E-state index in [4.69, 9.17) is 5.73 Å². The van der Waals surface area contributed by atoms with Gasteiger partial charge in [-0.25, -0.2) is 0 Å². The van der Waals surface area contributed by atoms with Crippen LogP contribution < -0.4 is 11.1 Å². The quantitative estimate of drug-likeness (QED) is 0.809. The monoisotopic (exact) mass is 241 g/mol. The van der Waals surface area contributed by atoms with Gasteiger partial charge in [-0.3, -0.25) is 9.78 Å². The van der Waals surface area contributed by atoms with Gasteiger partial charge in [-0.1, -0.05) is 12.1 Å². The van der Waals surface area contributed by atoms with Gasteiger partial charge in [-0.15, -0.1) is 0 Å². The number of pyridine rings is 1. The van der Waals surface area contributed by atoms with Gasteiger partial charge in [0.25, 0.3) is 5.91 Å². The molecular weight excluding hydrogens is 226 g/mol. The lowest BCUT2D eigenvalue weighted by Crippen LogP contribution is -2.26. The molecule has 0 spiro atoms. The van der Waals surface area contributed by atoms with Crippen molar-refractivity contribution in [3.8, 4) is 0 Å². The Morgan fingerprint density at radius 1 is 1.33 bits per heavy atom. The van der Waals surface area contributed by atoms with Crippen molar-refractivity contribution in [2.75, 3.05) is 5.73 Å². The first kappa shape index (κ1) is 12.1. The molecule has 1 heterocycles. The summed E-state index contributed by atoms with van der Waals surface area (Å²) in [5, 5.41) is 2.91. The van der Waals surface area contributed by atoms with Crippen LogP contribution in [0.25, 0.3) is 0 Å². The highest BCUT2D eigenvalue weighted by Gasteiger charge is 2.11. The fourth-order valence-electron chi connectivity index (χ4n) is 1.68. The number of carbonyl (C=O) groups excluding carboxylic acids is 1. The van der Waals surface area contributed by atoms with Crippen molar-refractivity contribution in [2.45, 2.75) is 13.0 Å². The highest BCUT2D eigenvalue weighted by Crippen LogP contribution is 2.12. The zero-order chi connectivity index (χ0) is 13.0. The summed E-state index contributed by atoms with van der Waals surface area (Å²) in [5.41, 5.74) is 7.76. The maximum Gasteiger partial charge on any atom is 0.251 e. The number of carbonyl (C=O) groups is 1. The van der Waals surface area contributed by atoms with Gasteiger partial charge in [0.1, 0.15) is 0 Å². The van der Waals surface area contributed by atoms with E-state index in [-0.39, 0.29) is 11.9 Å². The molecule has 0 saturated carbocycles. The van der Waals surface area contributed by atoms with E-state index in [0.29, 0.717) is 11.3 Å². The fraction of sp³-hybridized carbons (Fsp3) is 0.143. The zero-order valence-corrected chi connectivity index (χ0v) is 10.1. The third-order valence-corrected chi connectivity index (χ3v) is 2.68. The van der Waals surface area contributed by atoms with E-state index >= 15 is 0 Å². The molecule has 3 N–H and O–H groups in total. The number of anilines is 1. The summed E-state index contributed by atoms with van der Waals surface area (Å²) >= 11 is 0. The van der Waals surface area contributed by atoms with Crippen LogP contribution in [0.4, 0.5) is 5.69 Å². The number of nitrogens with one attached hydrogen (secondary N) is 1. The molecule has 0 aliphatic carbocycles. The second kappa shape index (κ2) is 5.31. The average Bonchev–Trinajstić information content (AvgIpc) is 2.39. The van der Waals surface area contributed by atoms with Gasteiger partial charge in [0.2, 0.25) is 0 Å². The van der Waals surface area contributed by atoms with Crippen molar-refractivity contribution < 1.29 is 4.79 Å². The number of nitrogens with zero attached hydrogens (tertiary/aromatic N) is 1. The van der Waals surface area contributed by atoms with Crippen molar-refractivity contribution in [1.82, 2.24) is 10.3 Å². The molecule has 2 aromatic rings. The van der Waals surface area contributed by atoms with E-state index in [2.05, 4.69) is 10.3 Å². The molecule has 0 saturated heterocycles. The largest absolute Gasteiger partial charge is 0.399 e. The number of nitrogens with two attached hydrogens (primary N) is 1. The molecular formula is C14H15N3O. The first-order chi connectivity index (χ1) is 8.66. The molecule has 0 unspecified atom stereocenters. The Bertz CT molecular complexity index is 540. The summed E-state index contributed by atoms with van der Waals surface area (Å²) in [6, 6.07) is 10.6. The maximum absolute atomic E-state index is 12.0. The van der Waals surface area contributed by atoms with Crippen LogP contribution in [0.5, 0.6) is 0 Å². The predicted octanol–water partition coefficient (Wildman–Crippen LogP) is 2.15. The standard InChI is InChI=1S/C14H15N3O/c1-10(12-5-3-7-16-9-12)17-14(18)11-4-2-6-13(15)8-11/h2-10H,15H2,1H3,(H,17,18)/t10-/m0/s1. The number of amides is 1. The predicted molar refractivity (Wildman–Crippen MR) is 71.0 cm³/mol. The molecule has 1 aromatic carbocycles. The molecule has 0 aliphatic rings. The van der Waals surface area contributed by atoms with Gasteiger partial charge in [-0.2, -0.15) is 0 Å². The third-order valence-electron chi connectivity index (χ3n) is 2.68. The highest BCUT2D eigenvalue weighted by atomic mass is 16.1. The summed E-state index contributed by atoms with van der Waals surface area (Å²) in [5.74, 6) is -0.140. The molecule has 0 fully saturated rings. The summed E-state index contributed by atoms with van der Waals surface area (Å²) in [7, 11) is 0. The summed E-state index contributed by atoms with van der Waals surface area (Å²) in [4.78, 5) is 16.0. The Morgan fingerprint density at radius 3 is 2.83 bits per heavy atom. The minimum Gasteiger partial charge on any atom is -0.399 e. The van der Waals surface area contributed by atoms with E-state index in [0.717, 1.165) is 5.56 Å². The smallest absolute Gasteiger partial charge is 0.251 e. The van der Waals surface area contributed by atoms with Gasteiger partial charge in [0.15, 0.2) is 0 Å². The number of rotatable bonds is 3. The van der Waals surface area contributed by atoms with E-state index in [1.165, 1.54) is 0 Å². The van der Waals surface area contributed by atoms with Gasteiger partial charge >= 0.3 is 0 Å². The van der Waals surface area contributed by atoms with Crippen molar-refractivity contribution >= 4 is 11.6 Å². The van der Waals surface area contributed by atoms with E-state index in [9.17, 15) is 4.79 Å². The molecule has 1 atom stereocenters. The number of hydrogen-bond donors (Lipinski definition) is 2. The molecule has 0 aliphatic heterocycles. The Labute approximate surface area is 106 Å². The fourth-order valence-corrected chi connectivity index (χ4v) is 1.68. The normalized spacial score (nSPS) is 11.8. The molecule has 18 heavy (non-hydrogen) atoms. The van der Waals surface area contributed by atoms with E-state index in [1.54, 1.807) is 36.7 Å². The molecule has 0 bridgehead atoms. The van der Waals surface area contributed by atoms with Gasteiger partial charge in [-0.05, 0) is 36.8 Å². The number of benzene rings is 1. The second-order valence-electron chi connectivity index (χ2n) is 4.11.